The van der Waals surface area contributed by atoms with E-state index in [-0.39, 0.29) is 25.3 Å². The van der Waals surface area contributed by atoms with E-state index in [9.17, 15) is 24.9 Å². The minimum absolute atomic E-state index is 0.0458. The van der Waals surface area contributed by atoms with Crippen LogP contribution in [0.5, 0.6) is 0 Å². The molecule has 0 saturated heterocycles. The van der Waals surface area contributed by atoms with Crippen LogP contribution in [0.15, 0.2) is 60.7 Å². The normalized spacial score (nSPS) is 16.3. The lowest BCUT2D eigenvalue weighted by atomic mass is 9.83. The van der Waals surface area contributed by atoms with Crippen LogP contribution in [0, 0.1) is 11.8 Å². The van der Waals surface area contributed by atoms with Crippen molar-refractivity contribution in [3.8, 4) is 0 Å². The summed E-state index contributed by atoms with van der Waals surface area (Å²) >= 11 is 0. The molecule has 0 radical (unpaired) electrons. The summed E-state index contributed by atoms with van der Waals surface area (Å²) in [5, 5.41) is 36.4. The second-order valence-corrected chi connectivity index (χ2v) is 9.76. The number of benzene rings is 2. The zero-order valence-corrected chi connectivity index (χ0v) is 21.6. The van der Waals surface area contributed by atoms with Gasteiger partial charge >= 0.3 is 0 Å². The first-order chi connectivity index (χ1) is 18.2. The van der Waals surface area contributed by atoms with E-state index in [2.05, 4.69) is 15.6 Å². The first-order valence-corrected chi connectivity index (χ1v) is 12.8. The molecule has 1 aromatic heterocycles. The summed E-state index contributed by atoms with van der Waals surface area (Å²) in [4.78, 5) is 29.8. The van der Waals surface area contributed by atoms with Crippen LogP contribution in [-0.4, -0.2) is 69.6 Å². The van der Waals surface area contributed by atoms with Gasteiger partial charge in [0.05, 0.1) is 24.9 Å². The summed E-state index contributed by atoms with van der Waals surface area (Å²) in [6, 6.07) is 17.0. The van der Waals surface area contributed by atoms with Crippen molar-refractivity contribution in [3.05, 3.63) is 71.9 Å². The SMILES string of the molecule is CC(O)C(CC(CN)[C@@H](O)CO)[C@@H](N)C(=O)N[C@@H](Cc1cc2ccccc2[nH]1)C(=O)NCc1ccccc1. The number of aliphatic hydroxyl groups is 3. The number of nitrogens with two attached hydrogens (primary N) is 2. The van der Waals surface area contributed by atoms with Gasteiger partial charge in [-0.1, -0.05) is 48.5 Å². The summed E-state index contributed by atoms with van der Waals surface area (Å²) in [7, 11) is 0. The highest BCUT2D eigenvalue weighted by Crippen LogP contribution is 2.22. The molecule has 0 aliphatic carbocycles. The third-order valence-corrected chi connectivity index (χ3v) is 6.94. The van der Waals surface area contributed by atoms with E-state index in [1.54, 1.807) is 0 Å². The Morgan fingerprint density at radius 3 is 2.34 bits per heavy atom. The van der Waals surface area contributed by atoms with Crippen molar-refractivity contribution in [1.29, 1.82) is 0 Å². The van der Waals surface area contributed by atoms with E-state index in [0.717, 1.165) is 22.2 Å². The molecule has 38 heavy (non-hydrogen) atoms. The van der Waals surface area contributed by atoms with Gasteiger partial charge in [-0.25, -0.2) is 0 Å². The predicted molar refractivity (Wildman–Crippen MR) is 146 cm³/mol. The maximum atomic E-state index is 13.3. The molecule has 6 atom stereocenters. The fourth-order valence-electron chi connectivity index (χ4n) is 4.60. The molecule has 206 valence electrons. The fraction of sp³-hybridized carbons (Fsp3) is 0.429. The summed E-state index contributed by atoms with van der Waals surface area (Å²) in [5.74, 6) is -2.31. The number of hydrogen-bond acceptors (Lipinski definition) is 7. The smallest absolute Gasteiger partial charge is 0.243 e. The van der Waals surface area contributed by atoms with Gasteiger partial charge in [0.15, 0.2) is 0 Å². The van der Waals surface area contributed by atoms with E-state index in [4.69, 9.17) is 11.5 Å². The first kappa shape index (κ1) is 29.3. The van der Waals surface area contributed by atoms with Gasteiger partial charge in [-0.2, -0.15) is 0 Å². The Morgan fingerprint density at radius 2 is 1.71 bits per heavy atom. The number of nitrogens with one attached hydrogen (secondary N) is 3. The molecule has 0 fully saturated rings. The zero-order chi connectivity index (χ0) is 27.7. The molecule has 2 aromatic carbocycles. The average Bonchev–Trinajstić information content (AvgIpc) is 3.34. The minimum Gasteiger partial charge on any atom is -0.394 e. The van der Waals surface area contributed by atoms with E-state index >= 15 is 0 Å². The highest BCUT2D eigenvalue weighted by Gasteiger charge is 2.34. The number of amides is 2. The van der Waals surface area contributed by atoms with E-state index in [1.165, 1.54) is 6.92 Å². The maximum Gasteiger partial charge on any atom is 0.243 e. The lowest BCUT2D eigenvalue weighted by molar-refractivity contribution is -0.131. The number of aromatic amines is 1. The summed E-state index contributed by atoms with van der Waals surface area (Å²) < 4.78 is 0. The standard InChI is InChI=1S/C28H39N5O5/c1-17(35)22(12-20(14-29)25(36)16-34)26(30)28(38)33-24(27(37)31-15-18-7-3-2-4-8-18)13-21-11-19-9-5-6-10-23(19)32-21/h2-11,17,20,22,24-26,32,34-36H,12-16,29-30H2,1H3,(H,31,37)(H,33,38)/t17?,20?,22?,24-,25-,26+/m0/s1. The quantitative estimate of drug-likeness (QED) is 0.147. The number of para-hydroxylation sites is 1. The molecule has 2 amide bonds. The van der Waals surface area contributed by atoms with Crippen molar-refractivity contribution in [3.63, 3.8) is 0 Å². The van der Waals surface area contributed by atoms with Gasteiger partial charge < -0.3 is 42.4 Å². The molecule has 3 aromatic rings. The van der Waals surface area contributed by atoms with Crippen LogP contribution in [-0.2, 0) is 22.6 Å². The van der Waals surface area contributed by atoms with Crippen LogP contribution in [0.3, 0.4) is 0 Å². The van der Waals surface area contributed by atoms with Crippen LogP contribution in [0.4, 0.5) is 0 Å². The monoisotopic (exact) mass is 525 g/mol. The molecule has 0 bridgehead atoms. The van der Waals surface area contributed by atoms with Gasteiger partial charge in [-0.05, 0) is 48.9 Å². The third-order valence-electron chi connectivity index (χ3n) is 6.94. The summed E-state index contributed by atoms with van der Waals surface area (Å²) in [6.07, 6.45) is -1.77. The van der Waals surface area contributed by atoms with Crippen molar-refractivity contribution in [2.75, 3.05) is 13.2 Å². The van der Waals surface area contributed by atoms with Gasteiger partial charge in [0, 0.05) is 30.1 Å². The predicted octanol–water partition coefficient (Wildman–Crippen LogP) is 0.154. The molecule has 3 rings (SSSR count). The van der Waals surface area contributed by atoms with Crippen molar-refractivity contribution in [1.82, 2.24) is 15.6 Å². The highest BCUT2D eigenvalue weighted by atomic mass is 16.3. The Balaban J connectivity index is 1.77. The van der Waals surface area contributed by atoms with E-state index in [0.29, 0.717) is 6.54 Å². The summed E-state index contributed by atoms with van der Waals surface area (Å²) in [5.41, 5.74) is 14.6. The number of rotatable bonds is 14. The largest absolute Gasteiger partial charge is 0.394 e. The van der Waals surface area contributed by atoms with Crippen molar-refractivity contribution >= 4 is 22.7 Å². The van der Waals surface area contributed by atoms with Crippen LogP contribution in [0.25, 0.3) is 10.9 Å². The summed E-state index contributed by atoms with van der Waals surface area (Å²) in [6.45, 7) is 1.34. The number of H-pyrrole nitrogens is 1. The van der Waals surface area contributed by atoms with Crippen molar-refractivity contribution in [2.24, 2.45) is 23.3 Å². The highest BCUT2D eigenvalue weighted by molar-refractivity contribution is 5.90. The maximum absolute atomic E-state index is 13.3. The number of fused-ring (bicyclic) bond motifs is 1. The molecule has 10 heteroatoms. The number of aromatic nitrogens is 1. The van der Waals surface area contributed by atoms with Gasteiger partial charge in [0.25, 0.3) is 0 Å². The third kappa shape index (κ3) is 7.86. The van der Waals surface area contributed by atoms with Crippen molar-refractivity contribution < 1.29 is 24.9 Å². The Hall–Kier alpha value is -3.28. The van der Waals surface area contributed by atoms with E-state index < -0.39 is 48.6 Å². The molecular weight excluding hydrogens is 486 g/mol. The molecule has 3 unspecified atom stereocenters. The Kier molecular flexibility index (Phi) is 10.8. The van der Waals surface area contributed by atoms with Crippen LogP contribution < -0.4 is 22.1 Å². The molecule has 0 aliphatic heterocycles. The first-order valence-electron chi connectivity index (χ1n) is 12.8. The number of carbonyl (C=O) groups is 2. The second kappa shape index (κ2) is 14.0. The number of aliphatic hydroxyl groups excluding tert-OH is 3. The molecular formula is C28H39N5O5. The van der Waals surface area contributed by atoms with Crippen molar-refractivity contribution in [2.45, 2.75) is 50.6 Å². The molecule has 10 nitrogen and oxygen atoms in total. The second-order valence-electron chi connectivity index (χ2n) is 9.76. The molecule has 0 spiro atoms. The molecule has 0 saturated carbocycles. The topological polar surface area (TPSA) is 187 Å². The Labute approximate surface area is 222 Å². The lowest BCUT2D eigenvalue weighted by Crippen LogP contribution is -2.56. The molecule has 1 heterocycles. The van der Waals surface area contributed by atoms with E-state index in [1.807, 2.05) is 60.7 Å². The van der Waals surface area contributed by atoms with Crippen LogP contribution in [0.2, 0.25) is 0 Å². The van der Waals surface area contributed by atoms with Crippen LogP contribution in [0.1, 0.15) is 24.6 Å². The lowest BCUT2D eigenvalue weighted by Gasteiger charge is -2.31. The van der Waals surface area contributed by atoms with Crippen LogP contribution >= 0.6 is 0 Å². The molecule has 10 N–H and O–H groups in total. The Bertz CT molecular complexity index is 1140. The number of hydrogen-bond donors (Lipinski definition) is 8. The average molecular weight is 526 g/mol. The fourth-order valence-corrected chi connectivity index (χ4v) is 4.60. The zero-order valence-electron chi connectivity index (χ0n) is 21.6. The Morgan fingerprint density at radius 1 is 1.03 bits per heavy atom. The minimum atomic E-state index is -1.18. The van der Waals surface area contributed by atoms with Gasteiger partial charge in [-0.15, -0.1) is 0 Å². The van der Waals surface area contributed by atoms with Gasteiger partial charge in [0.1, 0.15) is 6.04 Å². The molecule has 0 aliphatic rings. The van der Waals surface area contributed by atoms with Gasteiger partial charge in [0.2, 0.25) is 11.8 Å². The number of carbonyl (C=O) groups excluding carboxylic acids is 2. The van der Waals surface area contributed by atoms with Gasteiger partial charge in [-0.3, -0.25) is 9.59 Å².